The second kappa shape index (κ2) is 3.72. The van der Waals surface area contributed by atoms with E-state index in [1.165, 1.54) is 25.8 Å². The molecule has 0 aliphatic carbocycles. The molecule has 1 aliphatic rings. The number of hydrogen-bond acceptors (Lipinski definition) is 3. The van der Waals surface area contributed by atoms with Crippen molar-refractivity contribution >= 4 is 0 Å². The van der Waals surface area contributed by atoms with Gasteiger partial charge in [0.2, 0.25) is 0 Å². The fourth-order valence-corrected chi connectivity index (χ4v) is 1.73. The summed E-state index contributed by atoms with van der Waals surface area (Å²) in [6.45, 7) is 2.30. The predicted octanol–water partition coefficient (Wildman–Crippen LogP) is 1.22. The summed E-state index contributed by atoms with van der Waals surface area (Å²) in [5, 5.41) is 3.39. The Kier molecular flexibility index (Phi) is 2.42. The van der Waals surface area contributed by atoms with Gasteiger partial charge in [0.25, 0.3) is 0 Å². The number of hydrogen-bond donors (Lipinski definition) is 1. The Bertz CT molecular complexity index is 214. The summed E-state index contributed by atoms with van der Waals surface area (Å²) < 4.78 is 5.20. The van der Waals surface area contributed by atoms with Gasteiger partial charge in [-0.25, -0.2) is 4.98 Å². The van der Waals surface area contributed by atoms with Gasteiger partial charge in [-0.05, 0) is 31.8 Å². The van der Waals surface area contributed by atoms with Crippen molar-refractivity contribution in [3.05, 3.63) is 18.4 Å². The van der Waals surface area contributed by atoms with Crippen LogP contribution in [0.4, 0.5) is 0 Å². The van der Waals surface area contributed by atoms with Crippen LogP contribution < -0.4 is 5.32 Å². The molecule has 1 atom stereocenters. The standard InChI is InChI=1S/C9H14N2O/c1-2-8(5-10-3-1)4-9-6-11-7-12-9/h6-8,10H,1-5H2. The second-order valence-corrected chi connectivity index (χ2v) is 3.38. The first kappa shape index (κ1) is 7.80. The number of piperidine rings is 1. The number of aromatic nitrogens is 1. The highest BCUT2D eigenvalue weighted by Gasteiger charge is 2.14. The summed E-state index contributed by atoms with van der Waals surface area (Å²) in [7, 11) is 0. The minimum absolute atomic E-state index is 0.742. The van der Waals surface area contributed by atoms with Crippen LogP contribution in [-0.2, 0) is 6.42 Å². The first-order valence-corrected chi connectivity index (χ1v) is 4.53. The van der Waals surface area contributed by atoms with Crippen molar-refractivity contribution in [3.63, 3.8) is 0 Å². The zero-order valence-corrected chi connectivity index (χ0v) is 7.12. The molecule has 1 aromatic heterocycles. The van der Waals surface area contributed by atoms with Crippen LogP contribution >= 0.6 is 0 Å². The van der Waals surface area contributed by atoms with Crippen LogP contribution in [0.2, 0.25) is 0 Å². The highest BCUT2D eigenvalue weighted by molar-refractivity contribution is 4.91. The van der Waals surface area contributed by atoms with Crippen molar-refractivity contribution in [3.8, 4) is 0 Å². The lowest BCUT2D eigenvalue weighted by atomic mass is 9.95. The van der Waals surface area contributed by atoms with Gasteiger partial charge in [-0.3, -0.25) is 0 Å². The van der Waals surface area contributed by atoms with Crippen LogP contribution in [0.15, 0.2) is 17.0 Å². The molecule has 1 aliphatic heterocycles. The van der Waals surface area contributed by atoms with Crippen LogP contribution in [-0.4, -0.2) is 18.1 Å². The summed E-state index contributed by atoms with van der Waals surface area (Å²) in [6, 6.07) is 0. The lowest BCUT2D eigenvalue weighted by Crippen LogP contribution is -2.30. The third-order valence-corrected chi connectivity index (χ3v) is 2.37. The van der Waals surface area contributed by atoms with Crippen LogP contribution in [0, 0.1) is 5.92 Å². The first-order chi connectivity index (χ1) is 5.95. The Balaban J connectivity index is 1.86. The highest BCUT2D eigenvalue weighted by atomic mass is 16.3. The van der Waals surface area contributed by atoms with Crippen molar-refractivity contribution in [1.82, 2.24) is 10.3 Å². The summed E-state index contributed by atoms with van der Waals surface area (Å²) in [5.74, 6) is 1.76. The van der Waals surface area contributed by atoms with Gasteiger partial charge in [0, 0.05) is 6.42 Å². The smallest absolute Gasteiger partial charge is 0.180 e. The fraction of sp³-hybridized carbons (Fsp3) is 0.667. The minimum Gasteiger partial charge on any atom is -0.449 e. The summed E-state index contributed by atoms with van der Waals surface area (Å²) >= 11 is 0. The molecule has 3 heteroatoms. The fourth-order valence-electron chi connectivity index (χ4n) is 1.73. The van der Waals surface area contributed by atoms with Gasteiger partial charge in [0.05, 0.1) is 6.20 Å². The third-order valence-electron chi connectivity index (χ3n) is 2.37. The van der Waals surface area contributed by atoms with Crippen LogP contribution in [0.3, 0.4) is 0 Å². The zero-order chi connectivity index (χ0) is 8.23. The van der Waals surface area contributed by atoms with E-state index >= 15 is 0 Å². The van der Waals surface area contributed by atoms with Gasteiger partial charge in [-0.1, -0.05) is 0 Å². The topological polar surface area (TPSA) is 38.1 Å². The van der Waals surface area contributed by atoms with Gasteiger partial charge in [-0.2, -0.15) is 0 Å². The molecule has 1 fully saturated rings. The number of rotatable bonds is 2. The SMILES string of the molecule is c1ncc(CC2CCCNC2)o1. The Morgan fingerprint density at radius 2 is 2.67 bits per heavy atom. The maximum Gasteiger partial charge on any atom is 0.180 e. The van der Waals surface area contributed by atoms with Crippen molar-refractivity contribution in [2.24, 2.45) is 5.92 Å². The number of nitrogens with one attached hydrogen (secondary N) is 1. The molecular weight excluding hydrogens is 152 g/mol. The minimum atomic E-state index is 0.742. The molecular formula is C9H14N2O. The van der Waals surface area contributed by atoms with Crippen molar-refractivity contribution in [2.45, 2.75) is 19.3 Å². The molecule has 0 saturated carbocycles. The van der Waals surface area contributed by atoms with E-state index in [9.17, 15) is 0 Å². The third kappa shape index (κ3) is 1.85. The molecule has 1 saturated heterocycles. The van der Waals surface area contributed by atoms with E-state index in [0.29, 0.717) is 0 Å². The van der Waals surface area contributed by atoms with Gasteiger partial charge in [0.15, 0.2) is 6.39 Å². The lowest BCUT2D eigenvalue weighted by molar-refractivity contribution is 0.350. The first-order valence-electron chi connectivity index (χ1n) is 4.53. The summed E-state index contributed by atoms with van der Waals surface area (Å²) in [5.41, 5.74) is 0. The van der Waals surface area contributed by atoms with Gasteiger partial charge in [0.1, 0.15) is 5.76 Å². The van der Waals surface area contributed by atoms with E-state index in [0.717, 1.165) is 24.6 Å². The second-order valence-electron chi connectivity index (χ2n) is 3.38. The molecule has 0 spiro atoms. The Labute approximate surface area is 72.2 Å². The Hall–Kier alpha value is -0.830. The van der Waals surface area contributed by atoms with Gasteiger partial charge >= 0.3 is 0 Å². The Morgan fingerprint density at radius 1 is 1.67 bits per heavy atom. The average molecular weight is 166 g/mol. The molecule has 0 radical (unpaired) electrons. The largest absolute Gasteiger partial charge is 0.449 e. The molecule has 2 rings (SSSR count). The molecule has 2 heterocycles. The maximum absolute atomic E-state index is 5.20. The zero-order valence-electron chi connectivity index (χ0n) is 7.12. The van der Waals surface area contributed by atoms with Crippen LogP contribution in [0.25, 0.3) is 0 Å². The van der Waals surface area contributed by atoms with E-state index in [-0.39, 0.29) is 0 Å². The van der Waals surface area contributed by atoms with Crippen molar-refractivity contribution in [2.75, 3.05) is 13.1 Å². The lowest BCUT2D eigenvalue weighted by Gasteiger charge is -2.21. The van der Waals surface area contributed by atoms with Crippen molar-refractivity contribution < 1.29 is 4.42 Å². The maximum atomic E-state index is 5.20. The van der Waals surface area contributed by atoms with Crippen LogP contribution in [0.1, 0.15) is 18.6 Å². The molecule has 12 heavy (non-hydrogen) atoms. The molecule has 0 bridgehead atoms. The monoisotopic (exact) mass is 166 g/mol. The average Bonchev–Trinajstić information content (AvgIpc) is 2.59. The van der Waals surface area contributed by atoms with Gasteiger partial charge < -0.3 is 9.73 Å². The summed E-state index contributed by atoms with van der Waals surface area (Å²) in [6.07, 6.45) is 6.96. The van der Waals surface area contributed by atoms with E-state index < -0.39 is 0 Å². The summed E-state index contributed by atoms with van der Waals surface area (Å²) in [4.78, 5) is 3.90. The number of oxazole rings is 1. The van der Waals surface area contributed by atoms with E-state index in [1.54, 1.807) is 0 Å². The molecule has 3 nitrogen and oxygen atoms in total. The van der Waals surface area contributed by atoms with Crippen LogP contribution in [0.5, 0.6) is 0 Å². The molecule has 1 unspecified atom stereocenters. The normalized spacial score (nSPS) is 24.2. The van der Waals surface area contributed by atoms with E-state index in [2.05, 4.69) is 10.3 Å². The molecule has 0 aromatic carbocycles. The highest BCUT2D eigenvalue weighted by Crippen LogP contribution is 2.15. The number of nitrogens with zero attached hydrogens (tertiary/aromatic N) is 1. The van der Waals surface area contributed by atoms with Gasteiger partial charge in [-0.15, -0.1) is 0 Å². The quantitative estimate of drug-likeness (QED) is 0.717. The van der Waals surface area contributed by atoms with E-state index in [1.807, 2.05) is 6.20 Å². The predicted molar refractivity (Wildman–Crippen MR) is 45.8 cm³/mol. The molecule has 0 amide bonds. The van der Waals surface area contributed by atoms with E-state index in [4.69, 9.17) is 4.42 Å². The molecule has 1 aromatic rings. The molecule has 1 N–H and O–H groups in total. The Morgan fingerprint density at radius 3 is 3.33 bits per heavy atom. The van der Waals surface area contributed by atoms with Crippen molar-refractivity contribution in [1.29, 1.82) is 0 Å². The molecule has 66 valence electrons.